The number of hydrogen-bond donors (Lipinski definition) is 0. The van der Waals surface area contributed by atoms with Crippen LogP contribution in [0.2, 0.25) is 0 Å². The summed E-state index contributed by atoms with van der Waals surface area (Å²) in [6, 6.07) is 12.2. The molecule has 0 N–H and O–H groups in total. The quantitative estimate of drug-likeness (QED) is 0.860. The fourth-order valence-corrected chi connectivity index (χ4v) is 4.48. The predicted molar refractivity (Wildman–Crippen MR) is 95.0 cm³/mol. The molecule has 1 aromatic heterocycles. The number of morpholine rings is 1. The molecule has 0 radical (unpaired) electrons. The first kappa shape index (κ1) is 15.8. The van der Waals surface area contributed by atoms with Crippen LogP contribution >= 0.6 is 11.3 Å². The van der Waals surface area contributed by atoms with Crippen LogP contribution in [0.4, 0.5) is 0 Å². The lowest BCUT2D eigenvalue weighted by Crippen LogP contribution is -2.48. The highest BCUT2D eigenvalue weighted by molar-refractivity contribution is 7.10. The van der Waals surface area contributed by atoms with Crippen molar-refractivity contribution < 1.29 is 9.53 Å². The Morgan fingerprint density at radius 3 is 2.67 bits per heavy atom. The normalized spacial score (nSPS) is 19.8. The molecule has 1 unspecified atom stereocenters. The Hall–Kier alpha value is -1.69. The van der Waals surface area contributed by atoms with Crippen molar-refractivity contribution in [1.29, 1.82) is 0 Å². The lowest BCUT2D eigenvalue weighted by molar-refractivity contribution is -0.141. The molecule has 1 atom stereocenters. The van der Waals surface area contributed by atoms with Crippen molar-refractivity contribution in [2.45, 2.75) is 19.0 Å². The number of carbonyl (C=O) groups is 1. The van der Waals surface area contributed by atoms with Gasteiger partial charge in [-0.3, -0.25) is 9.69 Å². The molecular formula is C19H22N2O2S. The molecule has 1 amide bonds. The third kappa shape index (κ3) is 3.11. The number of ether oxygens (including phenoxy) is 1. The molecule has 2 aromatic rings. The summed E-state index contributed by atoms with van der Waals surface area (Å²) in [6.45, 7) is 4.46. The number of hydrogen-bond acceptors (Lipinski definition) is 4. The predicted octanol–water partition coefficient (Wildman–Crippen LogP) is 2.71. The van der Waals surface area contributed by atoms with Crippen molar-refractivity contribution in [2.24, 2.45) is 0 Å². The second-order valence-corrected chi connectivity index (χ2v) is 7.34. The maximum absolute atomic E-state index is 13.3. The van der Waals surface area contributed by atoms with Gasteiger partial charge in [0.25, 0.3) is 0 Å². The van der Waals surface area contributed by atoms with Crippen LogP contribution < -0.4 is 0 Å². The smallest absolute Gasteiger partial charge is 0.244 e. The zero-order valence-electron chi connectivity index (χ0n) is 13.7. The molecule has 5 heteroatoms. The highest BCUT2D eigenvalue weighted by Gasteiger charge is 2.34. The maximum Gasteiger partial charge on any atom is 0.244 e. The van der Waals surface area contributed by atoms with Crippen molar-refractivity contribution in [3.63, 3.8) is 0 Å². The lowest BCUT2D eigenvalue weighted by Gasteiger charge is -2.38. The maximum atomic E-state index is 13.3. The van der Waals surface area contributed by atoms with Crippen molar-refractivity contribution >= 4 is 17.2 Å². The monoisotopic (exact) mass is 342 g/mol. The van der Waals surface area contributed by atoms with Gasteiger partial charge in [0.05, 0.1) is 13.2 Å². The molecule has 1 aromatic carbocycles. The fraction of sp³-hybridized carbons (Fsp3) is 0.421. The molecular weight excluding hydrogens is 320 g/mol. The van der Waals surface area contributed by atoms with Crippen LogP contribution in [0.3, 0.4) is 0 Å². The molecule has 0 bridgehead atoms. The average molecular weight is 342 g/mol. The lowest BCUT2D eigenvalue weighted by atomic mass is 10.00. The third-order valence-electron chi connectivity index (χ3n) is 4.87. The molecule has 1 fully saturated rings. The van der Waals surface area contributed by atoms with Crippen molar-refractivity contribution in [3.05, 3.63) is 57.8 Å². The fourth-order valence-electron chi connectivity index (χ4n) is 3.59. The van der Waals surface area contributed by atoms with Gasteiger partial charge in [-0.05, 0) is 29.0 Å². The summed E-state index contributed by atoms with van der Waals surface area (Å²) < 4.78 is 5.41. The van der Waals surface area contributed by atoms with E-state index in [4.69, 9.17) is 4.74 Å². The van der Waals surface area contributed by atoms with Crippen molar-refractivity contribution in [1.82, 2.24) is 9.80 Å². The van der Waals surface area contributed by atoms with Crippen LogP contribution in [-0.4, -0.2) is 48.6 Å². The van der Waals surface area contributed by atoms with Gasteiger partial charge in [0, 0.05) is 31.1 Å². The molecule has 3 heterocycles. The van der Waals surface area contributed by atoms with E-state index in [2.05, 4.69) is 28.5 Å². The molecule has 0 saturated carbocycles. The summed E-state index contributed by atoms with van der Waals surface area (Å²) in [5.74, 6) is 0.211. The molecule has 126 valence electrons. The van der Waals surface area contributed by atoms with Gasteiger partial charge < -0.3 is 9.64 Å². The second-order valence-electron chi connectivity index (χ2n) is 6.34. The van der Waals surface area contributed by atoms with E-state index in [1.165, 1.54) is 10.4 Å². The van der Waals surface area contributed by atoms with E-state index < -0.39 is 0 Å². The van der Waals surface area contributed by atoms with Crippen LogP contribution in [0.15, 0.2) is 41.8 Å². The van der Waals surface area contributed by atoms with Gasteiger partial charge in [-0.1, -0.05) is 30.3 Å². The van der Waals surface area contributed by atoms with Crippen molar-refractivity contribution in [3.8, 4) is 0 Å². The van der Waals surface area contributed by atoms with E-state index >= 15 is 0 Å². The Morgan fingerprint density at radius 2 is 1.88 bits per heavy atom. The first-order valence-corrected chi connectivity index (χ1v) is 9.41. The van der Waals surface area contributed by atoms with Gasteiger partial charge in [-0.2, -0.15) is 0 Å². The first-order chi connectivity index (χ1) is 11.8. The molecule has 2 aliphatic rings. The first-order valence-electron chi connectivity index (χ1n) is 8.54. The Labute approximate surface area is 146 Å². The standard InChI is InChI=1S/C19H22N2O2S/c22-19(20-9-11-23-12-10-20)18(15-4-2-1-3-5-15)21-8-6-17-16(14-21)7-13-24-17/h1-5,7,13,18H,6,8-12,14H2. The van der Waals surface area contributed by atoms with Gasteiger partial charge in [0.1, 0.15) is 6.04 Å². The third-order valence-corrected chi connectivity index (χ3v) is 5.90. The largest absolute Gasteiger partial charge is 0.378 e. The summed E-state index contributed by atoms with van der Waals surface area (Å²) in [7, 11) is 0. The van der Waals surface area contributed by atoms with Crippen LogP contribution in [0.25, 0.3) is 0 Å². The van der Waals surface area contributed by atoms with Crippen LogP contribution in [-0.2, 0) is 22.5 Å². The number of thiophene rings is 1. The molecule has 4 rings (SSSR count). The zero-order chi connectivity index (χ0) is 16.4. The van der Waals surface area contributed by atoms with Crippen LogP contribution in [0.1, 0.15) is 22.0 Å². The molecule has 1 saturated heterocycles. The van der Waals surface area contributed by atoms with E-state index in [1.54, 1.807) is 0 Å². The van der Waals surface area contributed by atoms with Gasteiger partial charge in [0.2, 0.25) is 5.91 Å². The Bertz CT molecular complexity index is 694. The summed E-state index contributed by atoms with van der Waals surface area (Å²) in [5, 5.41) is 2.16. The number of fused-ring (bicyclic) bond motifs is 1. The average Bonchev–Trinajstić information content (AvgIpc) is 3.11. The minimum absolute atomic E-state index is 0.197. The summed E-state index contributed by atoms with van der Waals surface area (Å²) in [5.41, 5.74) is 2.47. The number of benzene rings is 1. The van der Waals surface area contributed by atoms with E-state index in [0.29, 0.717) is 26.3 Å². The molecule has 4 nitrogen and oxygen atoms in total. The number of rotatable bonds is 3. The van der Waals surface area contributed by atoms with Gasteiger partial charge in [0.15, 0.2) is 0 Å². The van der Waals surface area contributed by atoms with Crippen LogP contribution in [0.5, 0.6) is 0 Å². The number of amides is 1. The zero-order valence-corrected chi connectivity index (χ0v) is 14.5. The molecule has 2 aliphatic heterocycles. The Morgan fingerprint density at radius 1 is 1.08 bits per heavy atom. The Kier molecular flexibility index (Phi) is 4.65. The van der Waals surface area contributed by atoms with Crippen LogP contribution in [0, 0.1) is 0 Å². The minimum atomic E-state index is -0.197. The van der Waals surface area contributed by atoms with Gasteiger partial charge >= 0.3 is 0 Å². The second kappa shape index (κ2) is 7.05. The number of carbonyl (C=O) groups excluding carboxylic acids is 1. The van der Waals surface area contributed by atoms with Gasteiger partial charge in [-0.15, -0.1) is 11.3 Å². The van der Waals surface area contributed by atoms with E-state index in [9.17, 15) is 4.79 Å². The molecule has 0 aliphatic carbocycles. The van der Waals surface area contributed by atoms with E-state index in [0.717, 1.165) is 25.1 Å². The highest BCUT2D eigenvalue weighted by atomic mass is 32.1. The summed E-state index contributed by atoms with van der Waals surface area (Å²) in [4.78, 5) is 19.0. The van der Waals surface area contributed by atoms with E-state index in [1.807, 2.05) is 34.4 Å². The summed E-state index contributed by atoms with van der Waals surface area (Å²) >= 11 is 1.83. The van der Waals surface area contributed by atoms with Crippen molar-refractivity contribution in [2.75, 3.05) is 32.8 Å². The van der Waals surface area contributed by atoms with Gasteiger partial charge in [-0.25, -0.2) is 0 Å². The molecule has 24 heavy (non-hydrogen) atoms. The number of nitrogens with zero attached hydrogens (tertiary/aromatic N) is 2. The summed E-state index contributed by atoms with van der Waals surface area (Å²) in [6.07, 6.45) is 1.03. The SMILES string of the molecule is O=C(C(c1ccccc1)N1CCc2sccc2C1)N1CCOCC1. The minimum Gasteiger partial charge on any atom is -0.378 e. The Balaban J connectivity index is 1.62. The highest BCUT2D eigenvalue weighted by Crippen LogP contribution is 2.31. The molecule has 0 spiro atoms. The van der Waals surface area contributed by atoms with E-state index in [-0.39, 0.29) is 11.9 Å². The topological polar surface area (TPSA) is 32.8 Å².